The van der Waals surface area contributed by atoms with Gasteiger partial charge < -0.3 is 10.1 Å². The summed E-state index contributed by atoms with van der Waals surface area (Å²) in [5.41, 5.74) is 4.13. The van der Waals surface area contributed by atoms with E-state index in [9.17, 15) is 14.0 Å². The number of nitrogens with one attached hydrogen (secondary N) is 2. The van der Waals surface area contributed by atoms with E-state index in [4.69, 9.17) is 27.9 Å². The molecule has 0 fully saturated rings. The zero-order valence-corrected chi connectivity index (χ0v) is 20.6. The number of hydrogen-bond donors (Lipinski definition) is 2. The molecule has 1 unspecified atom stereocenters. The average molecular weight is 516 g/mol. The predicted octanol–water partition coefficient (Wildman–Crippen LogP) is 5.62. The first-order valence-corrected chi connectivity index (χ1v) is 11.5. The highest BCUT2D eigenvalue weighted by molar-refractivity contribution is 6.31. The van der Waals surface area contributed by atoms with E-state index in [0.29, 0.717) is 21.4 Å². The van der Waals surface area contributed by atoms with Crippen LogP contribution >= 0.6 is 23.2 Å². The van der Waals surface area contributed by atoms with Crippen LogP contribution in [0.25, 0.3) is 0 Å². The standard InChI is InChI=1S/C26H24Cl2FN3O3/c1-16(2)24(31-25(33)18-6-9-22(29)10-7-18)26(34)32-30-14-19-13-21(28)8-11-23(19)35-15-17-4-3-5-20(27)12-17/h3-14,16,24H,15H2,1-2H3,(H,31,33)(H,32,34). The van der Waals surface area contributed by atoms with E-state index >= 15 is 0 Å². The van der Waals surface area contributed by atoms with Gasteiger partial charge in [0, 0.05) is 21.2 Å². The number of amides is 2. The van der Waals surface area contributed by atoms with Gasteiger partial charge in [0.1, 0.15) is 24.2 Å². The number of benzene rings is 3. The van der Waals surface area contributed by atoms with E-state index in [1.165, 1.54) is 30.5 Å². The second-order valence-corrected chi connectivity index (χ2v) is 8.91. The maximum atomic E-state index is 13.1. The lowest BCUT2D eigenvalue weighted by Crippen LogP contribution is -2.48. The molecule has 2 amide bonds. The largest absolute Gasteiger partial charge is 0.488 e. The summed E-state index contributed by atoms with van der Waals surface area (Å²) in [7, 11) is 0. The van der Waals surface area contributed by atoms with Crippen LogP contribution < -0.4 is 15.5 Å². The molecule has 0 saturated carbocycles. The van der Waals surface area contributed by atoms with Gasteiger partial charge in [-0.25, -0.2) is 9.82 Å². The van der Waals surface area contributed by atoms with Crippen molar-refractivity contribution in [3.05, 3.63) is 99.3 Å². The highest BCUT2D eigenvalue weighted by Crippen LogP contribution is 2.23. The van der Waals surface area contributed by atoms with E-state index in [1.807, 2.05) is 12.1 Å². The molecule has 0 aromatic heterocycles. The zero-order valence-electron chi connectivity index (χ0n) is 19.1. The summed E-state index contributed by atoms with van der Waals surface area (Å²) in [5, 5.41) is 7.76. The minimum Gasteiger partial charge on any atom is -0.488 e. The number of carbonyl (C=O) groups excluding carboxylic acids is 2. The molecule has 3 aromatic rings. The van der Waals surface area contributed by atoms with Crippen LogP contribution in [0.2, 0.25) is 10.0 Å². The molecule has 3 aromatic carbocycles. The third-order valence-corrected chi connectivity index (χ3v) is 5.45. The average Bonchev–Trinajstić information content (AvgIpc) is 2.82. The second kappa shape index (κ2) is 12.3. The molecule has 0 bridgehead atoms. The van der Waals surface area contributed by atoms with Crippen molar-refractivity contribution in [3.63, 3.8) is 0 Å². The van der Waals surface area contributed by atoms with E-state index in [1.54, 1.807) is 44.2 Å². The van der Waals surface area contributed by atoms with Crippen LogP contribution in [0.15, 0.2) is 71.8 Å². The van der Waals surface area contributed by atoms with Crippen LogP contribution in [-0.2, 0) is 11.4 Å². The lowest BCUT2D eigenvalue weighted by molar-refractivity contribution is -0.123. The Morgan fingerprint density at radius 2 is 1.74 bits per heavy atom. The summed E-state index contributed by atoms with van der Waals surface area (Å²) in [6, 6.07) is 16.6. The fourth-order valence-electron chi connectivity index (χ4n) is 3.14. The first kappa shape index (κ1) is 26.2. The molecular formula is C26H24Cl2FN3O3. The molecule has 182 valence electrons. The van der Waals surface area contributed by atoms with E-state index < -0.39 is 23.7 Å². The van der Waals surface area contributed by atoms with Crippen molar-refractivity contribution in [3.8, 4) is 5.75 Å². The third kappa shape index (κ3) is 7.80. The molecule has 0 heterocycles. The Balaban J connectivity index is 1.66. The molecule has 0 aliphatic heterocycles. The molecule has 35 heavy (non-hydrogen) atoms. The summed E-state index contributed by atoms with van der Waals surface area (Å²) in [4.78, 5) is 25.2. The van der Waals surface area contributed by atoms with E-state index in [2.05, 4.69) is 15.8 Å². The van der Waals surface area contributed by atoms with Crippen molar-refractivity contribution in [1.82, 2.24) is 10.7 Å². The van der Waals surface area contributed by atoms with Gasteiger partial charge in [-0.05, 0) is 66.1 Å². The quantitative estimate of drug-likeness (QED) is 0.286. The predicted molar refractivity (Wildman–Crippen MR) is 135 cm³/mol. The van der Waals surface area contributed by atoms with Gasteiger partial charge in [-0.3, -0.25) is 9.59 Å². The number of carbonyl (C=O) groups is 2. The fraction of sp³-hybridized carbons (Fsp3) is 0.192. The van der Waals surface area contributed by atoms with Gasteiger partial charge in [-0.15, -0.1) is 0 Å². The Hall–Kier alpha value is -3.42. The normalized spacial score (nSPS) is 11.9. The second-order valence-electron chi connectivity index (χ2n) is 8.04. The van der Waals surface area contributed by atoms with Crippen molar-refractivity contribution in [2.45, 2.75) is 26.5 Å². The topological polar surface area (TPSA) is 79.8 Å². The van der Waals surface area contributed by atoms with Gasteiger partial charge in [0.25, 0.3) is 11.8 Å². The summed E-state index contributed by atoms with van der Waals surface area (Å²) in [6.07, 6.45) is 1.41. The van der Waals surface area contributed by atoms with Gasteiger partial charge in [0.15, 0.2) is 0 Å². The molecule has 3 rings (SSSR count). The number of halogens is 3. The first-order chi connectivity index (χ1) is 16.7. The molecule has 2 N–H and O–H groups in total. The molecule has 0 aliphatic rings. The number of hydrazone groups is 1. The maximum Gasteiger partial charge on any atom is 0.262 e. The zero-order chi connectivity index (χ0) is 25.4. The summed E-state index contributed by atoms with van der Waals surface area (Å²) < 4.78 is 19.0. The van der Waals surface area contributed by atoms with Crippen LogP contribution in [0.5, 0.6) is 5.75 Å². The monoisotopic (exact) mass is 515 g/mol. The lowest BCUT2D eigenvalue weighted by Gasteiger charge is -2.20. The van der Waals surface area contributed by atoms with Gasteiger partial charge in [-0.1, -0.05) is 49.2 Å². The number of ether oxygens (including phenoxy) is 1. The SMILES string of the molecule is CC(C)C(NC(=O)c1ccc(F)cc1)C(=O)NN=Cc1cc(Cl)ccc1OCc1cccc(Cl)c1. The summed E-state index contributed by atoms with van der Waals surface area (Å²) in [6.45, 7) is 3.86. The molecule has 0 radical (unpaired) electrons. The van der Waals surface area contributed by atoms with Crippen LogP contribution in [0.1, 0.15) is 35.3 Å². The molecule has 6 nitrogen and oxygen atoms in total. The van der Waals surface area contributed by atoms with Gasteiger partial charge in [0.05, 0.1) is 6.21 Å². The van der Waals surface area contributed by atoms with E-state index in [0.717, 1.165) is 5.56 Å². The van der Waals surface area contributed by atoms with Gasteiger partial charge in [0.2, 0.25) is 0 Å². The van der Waals surface area contributed by atoms with Crippen molar-refractivity contribution in [2.24, 2.45) is 11.0 Å². The highest BCUT2D eigenvalue weighted by atomic mass is 35.5. The minimum absolute atomic E-state index is 0.225. The van der Waals surface area contributed by atoms with Crippen molar-refractivity contribution >= 4 is 41.2 Å². The van der Waals surface area contributed by atoms with Crippen molar-refractivity contribution < 1.29 is 18.7 Å². The smallest absolute Gasteiger partial charge is 0.262 e. The van der Waals surface area contributed by atoms with E-state index in [-0.39, 0.29) is 18.1 Å². The summed E-state index contributed by atoms with van der Waals surface area (Å²) >= 11 is 12.1. The highest BCUT2D eigenvalue weighted by Gasteiger charge is 2.24. The molecular weight excluding hydrogens is 492 g/mol. The van der Waals surface area contributed by atoms with Crippen LogP contribution in [0, 0.1) is 11.7 Å². The Morgan fingerprint density at radius 1 is 1.03 bits per heavy atom. The van der Waals surface area contributed by atoms with Crippen LogP contribution in [-0.4, -0.2) is 24.1 Å². The van der Waals surface area contributed by atoms with Gasteiger partial charge in [-0.2, -0.15) is 5.10 Å². The first-order valence-electron chi connectivity index (χ1n) is 10.8. The molecule has 9 heteroatoms. The lowest BCUT2D eigenvalue weighted by atomic mass is 10.0. The third-order valence-electron chi connectivity index (χ3n) is 4.98. The fourth-order valence-corrected chi connectivity index (χ4v) is 3.53. The number of nitrogens with zero attached hydrogens (tertiary/aromatic N) is 1. The number of hydrogen-bond acceptors (Lipinski definition) is 4. The molecule has 0 spiro atoms. The van der Waals surface area contributed by atoms with Gasteiger partial charge >= 0.3 is 0 Å². The number of rotatable bonds is 9. The van der Waals surface area contributed by atoms with Crippen molar-refractivity contribution in [2.75, 3.05) is 0 Å². The Labute approximate surface area is 213 Å². The maximum absolute atomic E-state index is 13.1. The minimum atomic E-state index is -0.859. The summed E-state index contributed by atoms with van der Waals surface area (Å²) in [5.74, 6) is -1.16. The Morgan fingerprint density at radius 3 is 2.43 bits per heavy atom. The molecule has 0 saturated heterocycles. The Bertz CT molecular complexity index is 1220. The van der Waals surface area contributed by atoms with Crippen molar-refractivity contribution in [1.29, 1.82) is 0 Å². The molecule has 1 atom stereocenters. The van der Waals surface area contributed by atoms with Crippen LogP contribution in [0.3, 0.4) is 0 Å². The molecule has 0 aliphatic carbocycles. The Kier molecular flexibility index (Phi) is 9.23. The van der Waals surface area contributed by atoms with Crippen LogP contribution in [0.4, 0.5) is 4.39 Å².